The van der Waals surface area contributed by atoms with Gasteiger partial charge >= 0.3 is 0 Å². The zero-order valence-electron chi connectivity index (χ0n) is 4.07. The van der Waals surface area contributed by atoms with E-state index in [1.54, 1.807) is 0 Å². The van der Waals surface area contributed by atoms with Gasteiger partial charge in [0.2, 0.25) is 0 Å². The molecule has 5 heteroatoms. The smallest absolute Gasteiger partial charge is 0.201 e. The molecule has 0 aromatic rings. The standard InChI is InChI=1S/C3H5NO3S/c1-2-3-8(6,7)4-5/h2H,1,3H2. The van der Waals surface area contributed by atoms with E-state index in [-0.39, 0.29) is 5.75 Å². The molecular formula is C3H5NO3S. The third-order valence-electron chi connectivity index (χ3n) is 0.442. The first-order chi connectivity index (χ1) is 3.62. The van der Waals surface area contributed by atoms with Gasteiger partial charge in [-0.2, -0.15) is 0 Å². The molecule has 0 saturated carbocycles. The number of nitroso groups, excluding NO2 is 1. The Balaban J connectivity index is 4.15. The van der Waals surface area contributed by atoms with E-state index in [9.17, 15) is 13.3 Å². The first-order valence-electron chi connectivity index (χ1n) is 1.80. The zero-order valence-corrected chi connectivity index (χ0v) is 4.89. The summed E-state index contributed by atoms with van der Waals surface area (Å²) in [6.45, 7) is 3.12. The molecule has 0 N–H and O–H groups in total. The SMILES string of the molecule is C=CCS(=O)(=O)N=O. The lowest BCUT2D eigenvalue weighted by Crippen LogP contribution is -1.96. The highest BCUT2D eigenvalue weighted by Gasteiger charge is 2.03. The minimum Gasteiger partial charge on any atom is -0.201 e. The third-order valence-corrected chi connectivity index (χ3v) is 1.33. The van der Waals surface area contributed by atoms with Crippen LogP contribution in [0.15, 0.2) is 17.2 Å². The molecule has 0 atom stereocenters. The van der Waals surface area contributed by atoms with Crippen LogP contribution >= 0.6 is 0 Å². The Morgan fingerprint density at radius 1 is 1.62 bits per heavy atom. The van der Waals surface area contributed by atoms with Crippen molar-refractivity contribution in [1.82, 2.24) is 0 Å². The van der Waals surface area contributed by atoms with E-state index in [0.717, 1.165) is 6.08 Å². The molecule has 0 fully saturated rings. The van der Waals surface area contributed by atoms with Crippen LogP contribution in [-0.4, -0.2) is 14.2 Å². The second-order valence-electron chi connectivity index (χ2n) is 1.11. The predicted octanol–water partition coefficient (Wildman–Crippen LogP) is 0.269. The van der Waals surface area contributed by atoms with Gasteiger partial charge in [0, 0.05) is 0 Å². The van der Waals surface area contributed by atoms with Gasteiger partial charge in [0.05, 0.1) is 10.3 Å². The van der Waals surface area contributed by atoms with Gasteiger partial charge in [-0.1, -0.05) is 6.08 Å². The van der Waals surface area contributed by atoms with E-state index in [1.165, 1.54) is 0 Å². The Labute approximate surface area is 47.2 Å². The number of nitrogens with zero attached hydrogens (tertiary/aromatic N) is 1. The van der Waals surface area contributed by atoms with Crippen molar-refractivity contribution in [1.29, 1.82) is 0 Å². The van der Waals surface area contributed by atoms with E-state index in [4.69, 9.17) is 0 Å². The minimum absolute atomic E-state index is 0.378. The van der Waals surface area contributed by atoms with E-state index >= 15 is 0 Å². The molecule has 0 aliphatic carbocycles. The summed E-state index contributed by atoms with van der Waals surface area (Å²) in [7, 11) is -3.72. The second kappa shape index (κ2) is 2.56. The maximum Gasteiger partial charge on any atom is 0.291 e. The Morgan fingerprint density at radius 3 is 2.25 bits per heavy atom. The summed E-state index contributed by atoms with van der Waals surface area (Å²) in [6, 6.07) is 0. The van der Waals surface area contributed by atoms with Gasteiger partial charge in [-0.05, 0) is 0 Å². The lowest BCUT2D eigenvalue weighted by molar-refractivity contribution is 0.600. The van der Waals surface area contributed by atoms with Gasteiger partial charge in [0.15, 0.2) is 0 Å². The summed E-state index contributed by atoms with van der Waals surface area (Å²) in [5.74, 6) is -0.378. The normalized spacial score (nSPS) is 10.5. The largest absolute Gasteiger partial charge is 0.291 e. The highest BCUT2D eigenvalue weighted by Crippen LogP contribution is 1.88. The predicted molar refractivity (Wildman–Crippen MR) is 29.8 cm³/mol. The lowest BCUT2D eigenvalue weighted by Gasteiger charge is -1.80. The maximum atomic E-state index is 10.0. The average Bonchev–Trinajstić information content (AvgIpc) is 1.67. The number of hydrogen-bond acceptors (Lipinski definition) is 3. The van der Waals surface area contributed by atoms with Crippen molar-refractivity contribution in [2.24, 2.45) is 4.58 Å². The molecule has 0 amide bonds. The van der Waals surface area contributed by atoms with Gasteiger partial charge in [0.1, 0.15) is 0 Å². The maximum absolute atomic E-state index is 10.0. The number of hydrogen-bond donors (Lipinski definition) is 0. The zero-order chi connectivity index (χ0) is 6.62. The Morgan fingerprint density at radius 2 is 2.12 bits per heavy atom. The monoisotopic (exact) mass is 135 g/mol. The van der Waals surface area contributed by atoms with E-state index < -0.39 is 10.0 Å². The summed E-state index contributed by atoms with van der Waals surface area (Å²) in [4.78, 5) is 9.33. The Kier molecular flexibility index (Phi) is 2.33. The molecule has 0 radical (unpaired) electrons. The summed E-state index contributed by atoms with van der Waals surface area (Å²) in [5.41, 5.74) is 0. The van der Waals surface area contributed by atoms with Crippen LogP contribution in [0.1, 0.15) is 0 Å². The van der Waals surface area contributed by atoms with Crippen molar-refractivity contribution in [3.63, 3.8) is 0 Å². The second-order valence-corrected chi connectivity index (χ2v) is 2.76. The molecule has 0 aromatic carbocycles. The highest BCUT2D eigenvalue weighted by atomic mass is 32.2. The van der Waals surface area contributed by atoms with E-state index in [1.807, 2.05) is 4.58 Å². The molecule has 0 saturated heterocycles. The molecular weight excluding hydrogens is 130 g/mol. The minimum atomic E-state index is -3.72. The fraction of sp³-hybridized carbons (Fsp3) is 0.333. The summed E-state index contributed by atoms with van der Waals surface area (Å²) >= 11 is 0. The quantitative estimate of drug-likeness (QED) is 0.412. The van der Waals surface area contributed by atoms with Crippen molar-refractivity contribution >= 4 is 10.0 Å². The Bertz CT molecular complexity index is 181. The van der Waals surface area contributed by atoms with Crippen LogP contribution in [0.5, 0.6) is 0 Å². The van der Waals surface area contributed by atoms with Crippen LogP contribution < -0.4 is 0 Å². The van der Waals surface area contributed by atoms with Crippen molar-refractivity contribution < 1.29 is 8.42 Å². The molecule has 8 heavy (non-hydrogen) atoms. The van der Waals surface area contributed by atoms with Gasteiger partial charge in [-0.25, -0.2) is 8.42 Å². The highest BCUT2D eigenvalue weighted by molar-refractivity contribution is 7.90. The van der Waals surface area contributed by atoms with Crippen LogP contribution in [0.3, 0.4) is 0 Å². The summed E-state index contributed by atoms with van der Waals surface area (Å²) < 4.78 is 22.0. The molecule has 0 aliphatic heterocycles. The summed E-state index contributed by atoms with van der Waals surface area (Å²) in [6.07, 6.45) is 1.11. The van der Waals surface area contributed by atoms with Gasteiger partial charge in [-0.15, -0.1) is 11.5 Å². The number of sulfonamides is 1. The van der Waals surface area contributed by atoms with Crippen molar-refractivity contribution in [2.45, 2.75) is 0 Å². The molecule has 0 aliphatic rings. The topological polar surface area (TPSA) is 63.6 Å². The fourth-order valence-electron chi connectivity index (χ4n) is 0.179. The molecule has 4 nitrogen and oxygen atoms in total. The van der Waals surface area contributed by atoms with E-state index in [2.05, 4.69) is 6.58 Å². The summed E-state index contributed by atoms with van der Waals surface area (Å²) in [5, 5.41) is 0. The van der Waals surface area contributed by atoms with E-state index in [0.29, 0.717) is 0 Å². The Hall–Kier alpha value is -0.710. The first kappa shape index (κ1) is 7.29. The molecule has 0 bridgehead atoms. The molecule has 0 heterocycles. The van der Waals surface area contributed by atoms with Crippen LogP contribution in [0.2, 0.25) is 0 Å². The van der Waals surface area contributed by atoms with Crippen LogP contribution in [0.25, 0.3) is 0 Å². The van der Waals surface area contributed by atoms with Gasteiger partial charge in [0.25, 0.3) is 10.0 Å². The fourth-order valence-corrected chi connectivity index (χ4v) is 0.538. The van der Waals surface area contributed by atoms with Crippen molar-refractivity contribution in [2.75, 3.05) is 5.75 Å². The van der Waals surface area contributed by atoms with Gasteiger partial charge < -0.3 is 0 Å². The van der Waals surface area contributed by atoms with Crippen molar-refractivity contribution in [3.05, 3.63) is 17.6 Å². The molecule has 0 spiro atoms. The lowest BCUT2D eigenvalue weighted by atomic mass is 10.8. The van der Waals surface area contributed by atoms with Crippen LogP contribution in [0.4, 0.5) is 0 Å². The third kappa shape index (κ3) is 2.46. The van der Waals surface area contributed by atoms with Crippen molar-refractivity contribution in [3.8, 4) is 0 Å². The van der Waals surface area contributed by atoms with Gasteiger partial charge in [-0.3, -0.25) is 0 Å². The molecule has 46 valence electrons. The van der Waals surface area contributed by atoms with Crippen LogP contribution in [0, 0.1) is 4.91 Å². The molecule has 0 rings (SSSR count). The molecule has 0 aromatic heterocycles. The average molecular weight is 135 g/mol. The molecule has 0 unspecified atom stereocenters. The number of rotatable bonds is 3. The van der Waals surface area contributed by atoms with Crippen LogP contribution in [-0.2, 0) is 10.0 Å². The first-order valence-corrected chi connectivity index (χ1v) is 3.41.